The highest BCUT2D eigenvalue weighted by molar-refractivity contribution is 5.94. The zero-order chi connectivity index (χ0) is 17.6. The Morgan fingerprint density at radius 2 is 1.76 bits per heavy atom. The Morgan fingerprint density at radius 1 is 1.08 bits per heavy atom. The lowest BCUT2D eigenvalue weighted by Gasteiger charge is -2.49. The Bertz CT molecular complexity index is 767. The van der Waals surface area contributed by atoms with E-state index in [-0.39, 0.29) is 11.9 Å². The van der Waals surface area contributed by atoms with E-state index in [1.807, 2.05) is 23.7 Å². The van der Waals surface area contributed by atoms with Gasteiger partial charge in [-0.25, -0.2) is 0 Å². The van der Waals surface area contributed by atoms with Crippen molar-refractivity contribution >= 4 is 5.91 Å². The van der Waals surface area contributed by atoms with Gasteiger partial charge in [-0.1, -0.05) is 29.8 Å². The van der Waals surface area contributed by atoms with Crippen LogP contribution in [0.5, 0.6) is 0 Å². The minimum atomic E-state index is 0.0476. The molecule has 1 aromatic heterocycles. The van der Waals surface area contributed by atoms with Crippen LogP contribution in [0, 0.1) is 12.8 Å². The molecule has 3 saturated heterocycles. The average molecular weight is 337 g/mol. The van der Waals surface area contributed by atoms with Gasteiger partial charge in [-0.2, -0.15) is 0 Å². The van der Waals surface area contributed by atoms with Gasteiger partial charge in [-0.05, 0) is 63.4 Å². The second kappa shape index (κ2) is 6.34. The highest BCUT2D eigenvalue weighted by Crippen LogP contribution is 2.32. The Morgan fingerprint density at radius 3 is 2.40 bits per heavy atom. The number of amides is 1. The van der Waals surface area contributed by atoms with Crippen molar-refractivity contribution in [1.29, 1.82) is 0 Å². The van der Waals surface area contributed by atoms with E-state index in [0.29, 0.717) is 12.0 Å². The first kappa shape index (κ1) is 16.4. The van der Waals surface area contributed by atoms with Gasteiger partial charge in [0.15, 0.2) is 0 Å². The molecule has 1 aromatic carbocycles. The molecule has 1 amide bonds. The van der Waals surface area contributed by atoms with E-state index < -0.39 is 0 Å². The van der Waals surface area contributed by atoms with Crippen LogP contribution >= 0.6 is 0 Å². The third-order valence-corrected chi connectivity index (χ3v) is 6.18. The van der Waals surface area contributed by atoms with Crippen LogP contribution in [-0.4, -0.2) is 40.5 Å². The van der Waals surface area contributed by atoms with E-state index in [1.54, 1.807) is 0 Å². The maximum Gasteiger partial charge on any atom is 0.268 e. The fraction of sp³-hybridized carbons (Fsp3) is 0.476. The smallest absolute Gasteiger partial charge is 0.268 e. The van der Waals surface area contributed by atoms with Crippen molar-refractivity contribution in [2.75, 3.05) is 13.1 Å². The fourth-order valence-electron chi connectivity index (χ4n) is 4.52. The van der Waals surface area contributed by atoms with Crippen molar-refractivity contribution in [2.24, 2.45) is 13.0 Å². The number of benzene rings is 1. The summed E-state index contributed by atoms with van der Waals surface area (Å²) < 4.78 is 2.01. The third-order valence-electron chi connectivity index (χ3n) is 6.18. The molecule has 2 atom stereocenters. The zero-order valence-corrected chi connectivity index (χ0v) is 15.3. The normalized spacial score (nSPS) is 28.1. The zero-order valence-electron chi connectivity index (χ0n) is 15.3. The molecule has 132 valence electrons. The predicted molar refractivity (Wildman–Crippen MR) is 101 cm³/mol. The molecule has 0 spiro atoms. The number of piperidine rings is 3. The van der Waals surface area contributed by atoms with Gasteiger partial charge in [0, 0.05) is 24.8 Å². The summed E-state index contributed by atoms with van der Waals surface area (Å²) >= 11 is 0. The topological polar surface area (TPSA) is 37.3 Å². The molecule has 2 bridgehead atoms. The molecule has 25 heavy (non-hydrogen) atoms. The summed E-state index contributed by atoms with van der Waals surface area (Å²) in [6, 6.07) is 13.1. The predicted octanol–water partition coefficient (Wildman–Crippen LogP) is 3.21. The number of nitrogens with zero attached hydrogens (tertiary/aromatic N) is 2. The number of aromatic nitrogens is 1. The van der Waals surface area contributed by atoms with Gasteiger partial charge in [-0.15, -0.1) is 0 Å². The molecule has 2 aromatic rings. The number of hydrogen-bond acceptors (Lipinski definition) is 2. The first-order valence-corrected chi connectivity index (χ1v) is 9.32. The first-order chi connectivity index (χ1) is 12.0. The molecule has 5 rings (SSSR count). The summed E-state index contributed by atoms with van der Waals surface area (Å²) in [5, 5.41) is 3.33. The van der Waals surface area contributed by atoms with Gasteiger partial charge >= 0.3 is 0 Å². The van der Waals surface area contributed by atoms with Crippen LogP contribution in [0.4, 0.5) is 0 Å². The van der Waals surface area contributed by atoms with Crippen molar-refractivity contribution < 1.29 is 4.79 Å². The standard InChI is InChI=1S/C21H27N3O/c1-14-4-6-16(7-5-14)18-8-9-19(23(18)3)21(25)22-20-15(2)24-12-10-17(20)11-13-24/h4-9,15,17,20H,10-13H2,1-3H3,(H,22,25)/t15-,20-/m0/s1. The maximum absolute atomic E-state index is 12.9. The fourth-order valence-corrected chi connectivity index (χ4v) is 4.52. The summed E-state index contributed by atoms with van der Waals surface area (Å²) in [6.07, 6.45) is 2.41. The third kappa shape index (κ3) is 2.89. The van der Waals surface area contributed by atoms with Crippen LogP contribution in [-0.2, 0) is 7.05 Å². The molecule has 3 fully saturated rings. The van der Waals surface area contributed by atoms with E-state index in [1.165, 1.54) is 31.5 Å². The van der Waals surface area contributed by atoms with Crippen LogP contribution in [0.3, 0.4) is 0 Å². The molecule has 4 heterocycles. The van der Waals surface area contributed by atoms with Crippen LogP contribution in [0.1, 0.15) is 35.8 Å². The van der Waals surface area contributed by atoms with Gasteiger partial charge in [0.2, 0.25) is 0 Å². The second-order valence-electron chi connectivity index (χ2n) is 7.64. The number of carbonyl (C=O) groups is 1. The SMILES string of the molecule is Cc1ccc(-c2ccc(C(=O)N[C@@H]3C4CCN(CC4)[C@H]3C)n2C)cc1. The van der Waals surface area contributed by atoms with Gasteiger partial charge in [0.05, 0.1) is 0 Å². The molecule has 4 nitrogen and oxygen atoms in total. The number of nitrogens with one attached hydrogen (secondary N) is 1. The summed E-state index contributed by atoms with van der Waals surface area (Å²) in [7, 11) is 1.98. The van der Waals surface area contributed by atoms with Gasteiger partial charge in [0.1, 0.15) is 5.69 Å². The van der Waals surface area contributed by atoms with E-state index >= 15 is 0 Å². The lowest BCUT2D eigenvalue weighted by molar-refractivity contribution is 0.0215. The monoisotopic (exact) mass is 337 g/mol. The molecule has 4 heteroatoms. The van der Waals surface area contributed by atoms with Crippen molar-refractivity contribution in [3.8, 4) is 11.3 Å². The van der Waals surface area contributed by atoms with Gasteiger partial charge in [0.25, 0.3) is 5.91 Å². The van der Waals surface area contributed by atoms with Crippen molar-refractivity contribution in [3.05, 3.63) is 47.7 Å². The summed E-state index contributed by atoms with van der Waals surface area (Å²) in [4.78, 5) is 15.4. The number of aryl methyl sites for hydroxylation is 1. The second-order valence-corrected chi connectivity index (χ2v) is 7.64. The molecule has 0 unspecified atom stereocenters. The van der Waals surface area contributed by atoms with Gasteiger partial charge in [-0.3, -0.25) is 9.69 Å². The van der Waals surface area contributed by atoms with E-state index in [0.717, 1.165) is 17.0 Å². The molecule has 3 aliphatic rings. The number of hydrogen-bond donors (Lipinski definition) is 1. The largest absolute Gasteiger partial charge is 0.346 e. The number of fused-ring (bicyclic) bond motifs is 3. The minimum Gasteiger partial charge on any atom is -0.346 e. The number of rotatable bonds is 3. The van der Waals surface area contributed by atoms with Crippen molar-refractivity contribution in [3.63, 3.8) is 0 Å². The summed E-state index contributed by atoms with van der Waals surface area (Å²) in [5.74, 6) is 0.673. The summed E-state index contributed by atoms with van der Waals surface area (Å²) in [6.45, 7) is 6.70. The lowest BCUT2D eigenvalue weighted by atomic mass is 9.79. The Kier molecular flexibility index (Phi) is 4.16. The highest BCUT2D eigenvalue weighted by atomic mass is 16.2. The Balaban J connectivity index is 1.54. The Labute approximate surface area is 149 Å². The maximum atomic E-state index is 12.9. The Hall–Kier alpha value is -2.07. The highest BCUT2D eigenvalue weighted by Gasteiger charge is 2.40. The van der Waals surface area contributed by atoms with Crippen LogP contribution in [0.15, 0.2) is 36.4 Å². The molecule has 1 N–H and O–H groups in total. The quantitative estimate of drug-likeness (QED) is 0.934. The summed E-state index contributed by atoms with van der Waals surface area (Å²) in [5.41, 5.74) is 4.20. The lowest BCUT2D eigenvalue weighted by Crippen LogP contribution is -2.62. The average Bonchev–Trinajstić information content (AvgIpc) is 3.01. The van der Waals surface area contributed by atoms with Crippen molar-refractivity contribution in [2.45, 2.75) is 38.8 Å². The minimum absolute atomic E-state index is 0.0476. The first-order valence-electron chi connectivity index (χ1n) is 9.32. The van der Waals surface area contributed by atoms with Crippen LogP contribution < -0.4 is 5.32 Å². The molecular formula is C21H27N3O. The van der Waals surface area contributed by atoms with Crippen LogP contribution in [0.2, 0.25) is 0 Å². The van der Waals surface area contributed by atoms with Crippen molar-refractivity contribution in [1.82, 2.24) is 14.8 Å². The number of carbonyl (C=O) groups excluding carboxylic acids is 1. The van der Waals surface area contributed by atoms with E-state index in [2.05, 4.69) is 48.3 Å². The molecule has 0 aliphatic carbocycles. The van der Waals surface area contributed by atoms with Gasteiger partial charge < -0.3 is 9.88 Å². The molecule has 0 radical (unpaired) electrons. The molecule has 0 saturated carbocycles. The van der Waals surface area contributed by atoms with E-state index in [9.17, 15) is 4.79 Å². The molecular weight excluding hydrogens is 310 g/mol. The molecule has 3 aliphatic heterocycles. The van der Waals surface area contributed by atoms with E-state index in [4.69, 9.17) is 0 Å². The van der Waals surface area contributed by atoms with Crippen LogP contribution in [0.25, 0.3) is 11.3 Å².